The molecule has 2 heteroatoms. The molecule has 0 nitrogen and oxygen atoms in total. The van der Waals surface area contributed by atoms with Crippen LogP contribution in [0.3, 0.4) is 0 Å². The van der Waals surface area contributed by atoms with E-state index in [4.69, 9.17) is 0 Å². The Morgan fingerprint density at radius 1 is 0.955 bits per heavy atom. The van der Waals surface area contributed by atoms with Crippen LogP contribution in [0.1, 0.15) is 84.0 Å². The molecule has 3 aliphatic rings. The van der Waals surface area contributed by atoms with Gasteiger partial charge < -0.3 is 0 Å². The first-order chi connectivity index (χ1) is 10.9. The summed E-state index contributed by atoms with van der Waals surface area (Å²) in [5, 5.41) is 0. The average Bonchev–Trinajstić information content (AvgIpc) is 2.61. The van der Waals surface area contributed by atoms with Gasteiger partial charge in [0, 0.05) is 18.1 Å². The zero-order valence-corrected chi connectivity index (χ0v) is 16.2. The van der Waals surface area contributed by atoms with E-state index in [1.54, 1.807) is 38.5 Å². The van der Waals surface area contributed by atoms with Gasteiger partial charge in [-0.05, 0) is 56.3 Å². The van der Waals surface area contributed by atoms with E-state index in [9.17, 15) is 0 Å². The fraction of sp³-hybridized carbons (Fsp3) is 0.950. The van der Waals surface area contributed by atoms with Crippen molar-refractivity contribution in [1.29, 1.82) is 0 Å². The first-order valence-electron chi connectivity index (χ1n) is 9.99. The molecule has 22 heavy (non-hydrogen) atoms. The molecule has 0 aromatic carbocycles. The Hall–Kier alpha value is 0.440. The van der Waals surface area contributed by atoms with E-state index in [1.165, 1.54) is 50.0 Å². The Balaban J connectivity index is 1.39. The van der Waals surface area contributed by atoms with Crippen LogP contribution in [0, 0.1) is 23.7 Å². The lowest BCUT2D eigenvalue weighted by Crippen LogP contribution is -2.28. The van der Waals surface area contributed by atoms with E-state index in [0.717, 1.165) is 23.7 Å². The molecule has 0 atom stereocenters. The summed E-state index contributed by atoms with van der Waals surface area (Å²) < 4.78 is 1.81. The summed E-state index contributed by atoms with van der Waals surface area (Å²) in [6, 6.07) is 0. The third-order valence-corrected chi connectivity index (χ3v) is 9.33. The third kappa shape index (κ3) is 4.72. The van der Waals surface area contributed by atoms with Gasteiger partial charge in [-0.25, -0.2) is 0 Å². The van der Waals surface area contributed by atoms with Gasteiger partial charge in [0.15, 0.2) is 17.1 Å². The maximum absolute atomic E-state index is 2.34. The van der Waals surface area contributed by atoms with Gasteiger partial charge >= 0.3 is 0 Å². The Labute approximate surface area is 146 Å². The maximum atomic E-state index is 2.34. The lowest BCUT2D eigenvalue weighted by atomic mass is 9.69. The number of hydrogen-bond acceptors (Lipinski definition) is 1. The van der Waals surface area contributed by atoms with Crippen molar-refractivity contribution in [2.24, 2.45) is 23.7 Å². The molecule has 2 aliphatic carbocycles. The number of rotatable bonds is 5. The summed E-state index contributed by atoms with van der Waals surface area (Å²) in [5.41, 5.74) is 0. The second kappa shape index (κ2) is 9.06. The molecule has 0 amide bonds. The number of unbranched alkanes of at least 4 members (excludes halogenated alkanes) is 1. The molecule has 2 saturated carbocycles. The Kier molecular flexibility index (Phi) is 7.11. The molecule has 3 rings (SSSR count). The lowest BCUT2D eigenvalue weighted by molar-refractivity contribution is 0.155. The molecule has 126 valence electrons. The van der Waals surface area contributed by atoms with Gasteiger partial charge in [-0.15, -0.1) is 0 Å². The smallest absolute Gasteiger partial charge is 0.0694 e. The molecule has 0 spiro atoms. The highest BCUT2D eigenvalue weighted by Gasteiger charge is 2.35. The predicted molar refractivity (Wildman–Crippen MR) is 105 cm³/mol. The first-order valence-corrected chi connectivity index (χ1v) is 12.0. The summed E-state index contributed by atoms with van der Waals surface area (Å²) >= 11 is 4.39. The monoisotopic (exact) mass is 339 g/mol. The maximum Gasteiger partial charge on any atom is 0.237 e. The molecule has 0 aromatic rings. The molecule has 0 saturated heterocycles. The molecule has 1 heterocycles. The highest BCUT2D eigenvalue weighted by Crippen LogP contribution is 2.43. The van der Waals surface area contributed by atoms with Crippen molar-refractivity contribution in [3.05, 3.63) is 0 Å². The van der Waals surface area contributed by atoms with Gasteiger partial charge in [0.25, 0.3) is 0 Å². The predicted octanol–water partition coefficient (Wildman–Crippen LogP) is 6.14. The van der Waals surface area contributed by atoms with Gasteiger partial charge in [0.1, 0.15) is 0 Å². The average molecular weight is 340 g/mol. The normalized spacial score (nSPS) is 36.9. The fourth-order valence-corrected chi connectivity index (χ4v) is 7.89. The Morgan fingerprint density at radius 3 is 2.23 bits per heavy atom. The third-order valence-electron chi connectivity index (χ3n) is 6.41. The van der Waals surface area contributed by atoms with Gasteiger partial charge in [-0.1, -0.05) is 50.8 Å². The zero-order valence-electron chi connectivity index (χ0n) is 14.5. The fourth-order valence-electron chi connectivity index (χ4n) is 4.95. The van der Waals surface area contributed by atoms with Crippen molar-refractivity contribution >= 4 is 27.3 Å². The molecule has 0 unspecified atom stereocenters. The van der Waals surface area contributed by atoms with Crippen LogP contribution in [-0.4, -0.2) is 15.7 Å². The molecular weight excluding hydrogens is 304 g/mol. The molecule has 0 N–H and O–H groups in total. The molecule has 1 aliphatic heterocycles. The van der Waals surface area contributed by atoms with E-state index >= 15 is 0 Å². The minimum absolute atomic E-state index is 0.965. The molecule has 0 bridgehead atoms. The van der Waals surface area contributed by atoms with Crippen LogP contribution in [-0.2, 0) is 11.4 Å². The van der Waals surface area contributed by atoms with Crippen molar-refractivity contribution in [2.45, 2.75) is 84.0 Å². The molecule has 0 radical (unpaired) electrons. The van der Waals surface area contributed by atoms with Crippen molar-refractivity contribution < 1.29 is 0 Å². The summed E-state index contributed by atoms with van der Waals surface area (Å²) in [4.78, 5) is 0. The van der Waals surface area contributed by atoms with Crippen LogP contribution in [0.5, 0.6) is 0 Å². The summed E-state index contributed by atoms with van der Waals surface area (Å²) in [5.74, 6) is 7.01. The molecule has 0 aromatic heterocycles. The van der Waals surface area contributed by atoms with E-state index < -0.39 is 0 Å². The standard InChI is InChI=1S/C20H35S2/c1-2-3-5-16-6-8-17(9-7-16)18-10-12-19(13-11-18)20-21-14-4-15-22-20/h16-19H,2-15H2,1H3/q+1. The topological polar surface area (TPSA) is 0 Å². The minimum atomic E-state index is 0.965. The van der Waals surface area contributed by atoms with Crippen LogP contribution in [0.15, 0.2) is 0 Å². The lowest BCUT2D eigenvalue weighted by Gasteiger charge is -2.37. The van der Waals surface area contributed by atoms with E-state index in [-0.39, 0.29) is 0 Å². The van der Waals surface area contributed by atoms with Gasteiger partial charge in [0.05, 0.1) is 0 Å². The van der Waals surface area contributed by atoms with Gasteiger partial charge in [-0.3, -0.25) is 0 Å². The van der Waals surface area contributed by atoms with Crippen molar-refractivity contribution in [2.75, 3.05) is 11.5 Å². The highest BCUT2D eigenvalue weighted by atomic mass is 32.2. The summed E-state index contributed by atoms with van der Waals surface area (Å²) in [6.45, 7) is 2.34. The van der Waals surface area contributed by atoms with Crippen molar-refractivity contribution in [1.82, 2.24) is 0 Å². The van der Waals surface area contributed by atoms with Crippen LogP contribution < -0.4 is 0 Å². The van der Waals surface area contributed by atoms with Crippen molar-refractivity contribution in [3.8, 4) is 0 Å². The Bertz CT molecular complexity index is 347. The van der Waals surface area contributed by atoms with Crippen LogP contribution >= 0.6 is 11.8 Å². The first kappa shape index (κ1) is 17.3. The van der Waals surface area contributed by atoms with Crippen molar-refractivity contribution in [3.63, 3.8) is 0 Å². The highest BCUT2D eigenvalue weighted by molar-refractivity contribution is 8.23. The quantitative estimate of drug-likeness (QED) is 0.428. The number of hydrogen-bond donors (Lipinski definition) is 0. The minimum Gasteiger partial charge on any atom is -0.0694 e. The summed E-state index contributed by atoms with van der Waals surface area (Å²) in [6.07, 6.45) is 18.1. The van der Waals surface area contributed by atoms with E-state index in [1.807, 2.05) is 4.20 Å². The summed E-state index contributed by atoms with van der Waals surface area (Å²) in [7, 11) is 0. The second-order valence-electron chi connectivity index (χ2n) is 7.90. The van der Waals surface area contributed by atoms with Gasteiger partial charge in [0.2, 0.25) is 4.20 Å². The van der Waals surface area contributed by atoms with E-state index in [0.29, 0.717) is 0 Å². The van der Waals surface area contributed by atoms with Crippen LogP contribution in [0.25, 0.3) is 0 Å². The van der Waals surface area contributed by atoms with E-state index in [2.05, 4.69) is 30.0 Å². The van der Waals surface area contributed by atoms with Crippen LogP contribution in [0.2, 0.25) is 0 Å². The largest absolute Gasteiger partial charge is 0.237 e. The molecule has 2 fully saturated rings. The SMILES string of the molecule is CCCCC1CCC(C2CCC(C3=[S+]CCCS3)CC2)CC1. The van der Waals surface area contributed by atoms with Gasteiger partial charge in [-0.2, -0.15) is 0 Å². The Morgan fingerprint density at radius 2 is 1.64 bits per heavy atom. The zero-order chi connectivity index (χ0) is 15.2. The molecular formula is C20H35S2+. The second-order valence-corrected chi connectivity index (χ2v) is 10.4. The number of thioether (sulfide) groups is 1. The van der Waals surface area contributed by atoms with Crippen LogP contribution in [0.4, 0.5) is 0 Å².